The van der Waals surface area contributed by atoms with Gasteiger partial charge in [0.1, 0.15) is 11.3 Å². The van der Waals surface area contributed by atoms with Gasteiger partial charge in [0, 0.05) is 10.9 Å². The highest BCUT2D eigenvalue weighted by molar-refractivity contribution is 6.23. The molecule has 4 heteroatoms. The van der Waals surface area contributed by atoms with Crippen molar-refractivity contribution in [2.24, 2.45) is 0 Å². The van der Waals surface area contributed by atoms with Crippen molar-refractivity contribution in [2.75, 3.05) is 6.61 Å². The van der Waals surface area contributed by atoms with Crippen molar-refractivity contribution >= 4 is 28.2 Å². The number of carbonyl (C=O) groups is 1. The third-order valence-corrected chi connectivity index (χ3v) is 3.62. The summed E-state index contributed by atoms with van der Waals surface area (Å²) in [6.45, 7) is 1.95. The van der Waals surface area contributed by atoms with E-state index in [4.69, 9.17) is 4.74 Å². The second kappa shape index (κ2) is 6.96. The molecule has 1 N–H and O–H groups in total. The fraction of sp³-hybridized carbons (Fsp3) is 0.100. The summed E-state index contributed by atoms with van der Waals surface area (Å²) >= 11 is 0. The van der Waals surface area contributed by atoms with Crippen LogP contribution < -0.4 is 0 Å². The lowest BCUT2D eigenvalue weighted by molar-refractivity contribution is -0.136. The van der Waals surface area contributed by atoms with Crippen LogP contribution in [0.1, 0.15) is 18.2 Å². The van der Waals surface area contributed by atoms with Crippen molar-refractivity contribution in [1.29, 1.82) is 0 Å². The average molecular weight is 319 g/mol. The van der Waals surface area contributed by atoms with Crippen LogP contribution in [0.3, 0.4) is 0 Å². The van der Waals surface area contributed by atoms with Crippen LogP contribution in [0.15, 0.2) is 66.7 Å². The Kier molecular flexibility index (Phi) is 4.57. The molecule has 0 saturated carbocycles. The maximum Gasteiger partial charge on any atom is 0.344 e. The van der Waals surface area contributed by atoms with Crippen LogP contribution in [0.25, 0.3) is 22.2 Å². The van der Waals surface area contributed by atoms with Gasteiger partial charge < -0.3 is 9.84 Å². The molecule has 0 bridgehead atoms. The third-order valence-electron chi connectivity index (χ3n) is 3.62. The SMILES string of the molecule is CCOC(=O)/C(=C(/O)c1ccccc1)c1ccc2ccccc2n1. The summed E-state index contributed by atoms with van der Waals surface area (Å²) in [4.78, 5) is 16.9. The minimum absolute atomic E-state index is 0.0637. The number of nitrogens with zero attached hydrogens (tertiary/aromatic N) is 1. The summed E-state index contributed by atoms with van der Waals surface area (Å²) in [6.07, 6.45) is 0. The number of esters is 1. The number of hydrogen-bond acceptors (Lipinski definition) is 4. The van der Waals surface area contributed by atoms with Crippen LogP contribution in [0.2, 0.25) is 0 Å². The lowest BCUT2D eigenvalue weighted by atomic mass is 10.0. The Morgan fingerprint density at radius 1 is 1.00 bits per heavy atom. The number of para-hydroxylation sites is 1. The normalized spacial score (nSPS) is 11.9. The van der Waals surface area contributed by atoms with Crippen LogP contribution in [0, 0.1) is 0 Å². The van der Waals surface area contributed by atoms with Crippen LogP contribution in [-0.4, -0.2) is 22.7 Å². The van der Waals surface area contributed by atoms with Crippen molar-refractivity contribution in [2.45, 2.75) is 6.92 Å². The van der Waals surface area contributed by atoms with Gasteiger partial charge in [0.15, 0.2) is 0 Å². The van der Waals surface area contributed by atoms with Gasteiger partial charge >= 0.3 is 5.97 Å². The van der Waals surface area contributed by atoms with Gasteiger partial charge in [0.25, 0.3) is 0 Å². The van der Waals surface area contributed by atoms with E-state index >= 15 is 0 Å². The molecule has 0 amide bonds. The molecule has 0 aliphatic heterocycles. The van der Waals surface area contributed by atoms with E-state index in [1.807, 2.05) is 36.4 Å². The number of ether oxygens (including phenoxy) is 1. The fourth-order valence-electron chi connectivity index (χ4n) is 2.47. The molecule has 3 aromatic rings. The largest absolute Gasteiger partial charge is 0.506 e. The van der Waals surface area contributed by atoms with Crippen LogP contribution in [0.4, 0.5) is 0 Å². The summed E-state index contributed by atoms with van der Waals surface area (Å²) in [5, 5.41) is 11.6. The number of benzene rings is 2. The van der Waals surface area contributed by atoms with Gasteiger partial charge in [0.05, 0.1) is 17.8 Å². The Hall–Kier alpha value is -3.14. The van der Waals surface area contributed by atoms with Crippen molar-refractivity contribution in [3.63, 3.8) is 0 Å². The molecular weight excluding hydrogens is 302 g/mol. The van der Waals surface area contributed by atoms with Crippen LogP contribution >= 0.6 is 0 Å². The fourth-order valence-corrected chi connectivity index (χ4v) is 2.47. The van der Waals surface area contributed by atoms with Gasteiger partial charge in [-0.2, -0.15) is 0 Å². The summed E-state index contributed by atoms with van der Waals surface area (Å²) < 4.78 is 5.12. The van der Waals surface area contributed by atoms with E-state index in [2.05, 4.69) is 4.98 Å². The van der Waals surface area contributed by atoms with Gasteiger partial charge in [-0.1, -0.05) is 54.6 Å². The van der Waals surface area contributed by atoms with Gasteiger partial charge in [-0.3, -0.25) is 0 Å². The molecule has 0 unspecified atom stereocenters. The third kappa shape index (κ3) is 3.13. The lowest BCUT2D eigenvalue weighted by Crippen LogP contribution is -2.10. The highest BCUT2D eigenvalue weighted by Crippen LogP contribution is 2.26. The summed E-state index contributed by atoms with van der Waals surface area (Å²) in [5.74, 6) is -0.738. The Balaban J connectivity index is 2.18. The van der Waals surface area contributed by atoms with E-state index in [0.29, 0.717) is 11.3 Å². The minimum Gasteiger partial charge on any atom is -0.506 e. The average Bonchev–Trinajstić information content (AvgIpc) is 2.63. The highest BCUT2D eigenvalue weighted by Gasteiger charge is 2.21. The molecule has 24 heavy (non-hydrogen) atoms. The van der Waals surface area contributed by atoms with E-state index in [-0.39, 0.29) is 17.9 Å². The van der Waals surface area contributed by atoms with Crippen molar-refractivity contribution in [3.8, 4) is 0 Å². The first-order valence-corrected chi connectivity index (χ1v) is 7.72. The van der Waals surface area contributed by atoms with Gasteiger partial charge in [-0.15, -0.1) is 0 Å². The van der Waals surface area contributed by atoms with E-state index in [1.165, 1.54) is 0 Å². The second-order valence-corrected chi connectivity index (χ2v) is 5.20. The van der Waals surface area contributed by atoms with Crippen LogP contribution in [0.5, 0.6) is 0 Å². The number of aromatic nitrogens is 1. The number of hydrogen-bond donors (Lipinski definition) is 1. The number of aliphatic hydroxyl groups is 1. The van der Waals surface area contributed by atoms with E-state index in [0.717, 1.165) is 10.9 Å². The molecule has 0 fully saturated rings. The molecule has 0 radical (unpaired) electrons. The van der Waals surface area contributed by atoms with Gasteiger partial charge in [-0.05, 0) is 19.1 Å². The topological polar surface area (TPSA) is 59.4 Å². The predicted molar refractivity (Wildman–Crippen MR) is 94.3 cm³/mol. The van der Waals surface area contributed by atoms with E-state index in [9.17, 15) is 9.90 Å². The Labute approximate surface area is 140 Å². The smallest absolute Gasteiger partial charge is 0.344 e. The first-order valence-electron chi connectivity index (χ1n) is 7.72. The van der Waals surface area contributed by atoms with Crippen molar-refractivity contribution < 1.29 is 14.6 Å². The molecule has 0 spiro atoms. The predicted octanol–water partition coefficient (Wildman–Crippen LogP) is 4.22. The minimum atomic E-state index is -0.596. The Bertz CT molecular complexity index is 901. The number of aliphatic hydroxyl groups excluding tert-OH is 1. The van der Waals surface area contributed by atoms with Crippen molar-refractivity contribution in [1.82, 2.24) is 4.98 Å². The maximum absolute atomic E-state index is 12.4. The van der Waals surface area contributed by atoms with Gasteiger partial charge in [-0.25, -0.2) is 9.78 Å². The summed E-state index contributed by atoms with van der Waals surface area (Å²) in [6, 6.07) is 20.1. The molecule has 120 valence electrons. The van der Waals surface area contributed by atoms with Crippen LogP contribution in [-0.2, 0) is 9.53 Å². The molecule has 0 aliphatic rings. The number of fused-ring (bicyclic) bond motifs is 1. The second-order valence-electron chi connectivity index (χ2n) is 5.20. The van der Waals surface area contributed by atoms with E-state index < -0.39 is 5.97 Å². The zero-order valence-electron chi connectivity index (χ0n) is 13.3. The molecule has 1 aromatic heterocycles. The van der Waals surface area contributed by atoms with Gasteiger partial charge in [0.2, 0.25) is 0 Å². The maximum atomic E-state index is 12.4. The number of rotatable bonds is 4. The standard InChI is InChI=1S/C20H17NO3/c1-2-24-20(23)18(19(22)15-9-4-3-5-10-15)17-13-12-14-8-6-7-11-16(14)21-17/h3-13,22H,2H2,1H3/b19-18+. The molecule has 2 aromatic carbocycles. The van der Waals surface area contributed by atoms with E-state index in [1.54, 1.807) is 37.3 Å². The molecule has 4 nitrogen and oxygen atoms in total. The first kappa shape index (κ1) is 15.7. The zero-order valence-corrected chi connectivity index (χ0v) is 13.3. The monoisotopic (exact) mass is 319 g/mol. The molecule has 1 heterocycles. The Morgan fingerprint density at radius 2 is 1.71 bits per heavy atom. The number of carbonyl (C=O) groups excluding carboxylic acids is 1. The zero-order chi connectivity index (χ0) is 16.9. The molecule has 0 aliphatic carbocycles. The van der Waals surface area contributed by atoms with Crippen molar-refractivity contribution in [3.05, 3.63) is 78.0 Å². The summed E-state index contributed by atoms with van der Waals surface area (Å²) in [7, 11) is 0. The molecule has 3 rings (SSSR count). The highest BCUT2D eigenvalue weighted by atomic mass is 16.5. The molecule has 0 saturated heterocycles. The first-order chi connectivity index (χ1) is 11.7. The quantitative estimate of drug-likeness (QED) is 0.444. The molecular formula is C20H17NO3. The number of pyridine rings is 1. The molecule has 0 atom stereocenters. The lowest BCUT2D eigenvalue weighted by Gasteiger charge is -2.11. The Morgan fingerprint density at radius 3 is 2.46 bits per heavy atom. The summed E-state index contributed by atoms with van der Waals surface area (Å²) in [5.41, 5.74) is 1.73.